The van der Waals surface area contributed by atoms with Crippen molar-refractivity contribution < 1.29 is 0 Å². The first kappa shape index (κ1) is 9.91. The van der Waals surface area contributed by atoms with Gasteiger partial charge in [0.2, 0.25) is 0 Å². The van der Waals surface area contributed by atoms with Crippen molar-refractivity contribution in [3.63, 3.8) is 0 Å². The van der Waals surface area contributed by atoms with Gasteiger partial charge in [-0.05, 0) is 11.6 Å². The molecule has 0 amide bonds. The van der Waals surface area contributed by atoms with E-state index in [1.165, 1.54) is 0 Å². The molecule has 0 bridgehead atoms. The molecule has 0 fully saturated rings. The quantitative estimate of drug-likeness (QED) is 0.661. The Labute approximate surface area is 86.7 Å². The van der Waals surface area contributed by atoms with Crippen molar-refractivity contribution in [2.75, 3.05) is 0 Å². The van der Waals surface area contributed by atoms with Crippen LogP contribution in [-0.4, -0.2) is 4.84 Å². The minimum absolute atomic E-state index is 0.435. The van der Waals surface area contributed by atoms with Crippen molar-refractivity contribution in [3.05, 3.63) is 40.9 Å². The summed E-state index contributed by atoms with van der Waals surface area (Å²) in [5.41, 5.74) is 0.994. The minimum Gasteiger partial charge on any atom is -0.0991 e. The first-order valence-electron chi connectivity index (χ1n) is 3.40. The molecule has 0 spiro atoms. The predicted octanol–water partition coefficient (Wildman–Crippen LogP) is 4.07. The van der Waals surface area contributed by atoms with Crippen LogP contribution < -0.4 is 0 Å². The van der Waals surface area contributed by atoms with Crippen LogP contribution in [0.2, 0.25) is 0 Å². The minimum atomic E-state index is -0.646. The van der Waals surface area contributed by atoms with Gasteiger partial charge in [-0.1, -0.05) is 65.1 Å². The van der Waals surface area contributed by atoms with Crippen molar-refractivity contribution in [1.82, 2.24) is 0 Å². The van der Waals surface area contributed by atoms with E-state index in [0.29, 0.717) is 5.03 Å². The molecule has 0 saturated heterocycles. The van der Waals surface area contributed by atoms with Crippen LogP contribution in [0.3, 0.4) is 0 Å². The van der Waals surface area contributed by atoms with Gasteiger partial charge < -0.3 is 0 Å². The molecule has 3 heteroatoms. The molecule has 0 heterocycles. The Bertz CT molecular complexity index is 264. The highest BCUT2D eigenvalue weighted by atomic mass is 35.5. The van der Waals surface area contributed by atoms with Crippen LogP contribution in [0.15, 0.2) is 35.4 Å². The molecule has 1 aromatic carbocycles. The van der Waals surface area contributed by atoms with E-state index < -0.39 is 4.84 Å². The molecule has 0 N–H and O–H groups in total. The maximum atomic E-state index is 5.75. The summed E-state index contributed by atoms with van der Waals surface area (Å²) in [4.78, 5) is -0.646. The summed E-state index contributed by atoms with van der Waals surface area (Å²) in [6, 6.07) is 9.64. The van der Waals surface area contributed by atoms with Crippen molar-refractivity contribution in [3.8, 4) is 0 Å². The number of allylic oxidation sites excluding steroid dienone is 1. The Balaban J connectivity index is 2.81. The molecular weight excluding hydrogens is 214 g/mol. The Morgan fingerprint density at radius 1 is 1.17 bits per heavy atom. The lowest BCUT2D eigenvalue weighted by molar-refractivity contribution is 1.55. The van der Waals surface area contributed by atoms with Crippen LogP contribution in [0, 0.1) is 0 Å². The molecule has 64 valence electrons. The van der Waals surface area contributed by atoms with Gasteiger partial charge in [0.05, 0.1) is 5.03 Å². The third-order valence-corrected chi connectivity index (χ3v) is 2.33. The van der Waals surface area contributed by atoms with E-state index in [1.807, 2.05) is 30.3 Å². The SMILES string of the molecule is ClC(=Cc1ccccc1)C(Cl)Cl. The molecule has 0 atom stereocenters. The Kier molecular flexibility index (Phi) is 3.93. The molecule has 0 aliphatic heterocycles. The van der Waals surface area contributed by atoms with Crippen LogP contribution in [0.25, 0.3) is 6.08 Å². The Hall–Kier alpha value is -0.170. The molecule has 1 aromatic rings. The lowest BCUT2D eigenvalue weighted by atomic mass is 10.2. The lowest BCUT2D eigenvalue weighted by Crippen LogP contribution is -1.84. The van der Waals surface area contributed by atoms with Gasteiger partial charge in [-0.3, -0.25) is 0 Å². The maximum Gasteiger partial charge on any atom is 0.143 e. The van der Waals surface area contributed by atoms with Gasteiger partial charge in [0.15, 0.2) is 0 Å². The standard InChI is InChI=1S/C9H7Cl3/c10-8(9(11)12)6-7-4-2-1-3-5-7/h1-6,9H. The molecule has 0 aromatic heterocycles. The monoisotopic (exact) mass is 220 g/mol. The topological polar surface area (TPSA) is 0 Å². The number of halogens is 3. The maximum absolute atomic E-state index is 5.75. The molecule has 0 unspecified atom stereocenters. The van der Waals surface area contributed by atoms with E-state index in [1.54, 1.807) is 6.08 Å². The zero-order valence-electron chi connectivity index (χ0n) is 6.18. The fourth-order valence-corrected chi connectivity index (χ4v) is 1.02. The second-order valence-corrected chi connectivity index (χ2v) is 3.77. The number of rotatable bonds is 2. The van der Waals surface area contributed by atoms with Crippen LogP contribution in [0.1, 0.15) is 5.56 Å². The third kappa shape index (κ3) is 3.06. The zero-order valence-corrected chi connectivity index (χ0v) is 8.44. The molecule has 0 aliphatic carbocycles. The highest BCUT2D eigenvalue weighted by Crippen LogP contribution is 2.20. The smallest absolute Gasteiger partial charge is 0.0991 e. The summed E-state index contributed by atoms with van der Waals surface area (Å²) in [6.45, 7) is 0. The van der Waals surface area contributed by atoms with Crippen molar-refractivity contribution in [2.45, 2.75) is 4.84 Å². The fraction of sp³-hybridized carbons (Fsp3) is 0.111. The van der Waals surface area contributed by atoms with E-state index in [-0.39, 0.29) is 0 Å². The normalized spacial score (nSPS) is 12.2. The summed E-state index contributed by atoms with van der Waals surface area (Å²) in [5, 5.41) is 0.435. The number of hydrogen-bond acceptors (Lipinski definition) is 0. The van der Waals surface area contributed by atoms with Gasteiger partial charge >= 0.3 is 0 Å². The lowest BCUT2D eigenvalue weighted by Gasteiger charge is -1.97. The van der Waals surface area contributed by atoms with Gasteiger partial charge in [-0.25, -0.2) is 0 Å². The summed E-state index contributed by atoms with van der Waals surface area (Å²) >= 11 is 16.8. The van der Waals surface area contributed by atoms with E-state index in [9.17, 15) is 0 Å². The summed E-state index contributed by atoms with van der Waals surface area (Å²) in [7, 11) is 0. The predicted molar refractivity (Wildman–Crippen MR) is 55.8 cm³/mol. The van der Waals surface area contributed by atoms with Gasteiger partial charge in [0, 0.05) is 0 Å². The first-order chi connectivity index (χ1) is 5.70. The van der Waals surface area contributed by atoms with Crippen LogP contribution in [0.4, 0.5) is 0 Å². The second kappa shape index (κ2) is 4.76. The molecule has 0 aliphatic rings. The Morgan fingerprint density at radius 2 is 1.75 bits per heavy atom. The fourth-order valence-electron chi connectivity index (χ4n) is 0.771. The molecule has 12 heavy (non-hydrogen) atoms. The van der Waals surface area contributed by atoms with Crippen molar-refractivity contribution >= 4 is 40.9 Å². The van der Waals surface area contributed by atoms with Crippen molar-refractivity contribution in [2.24, 2.45) is 0 Å². The van der Waals surface area contributed by atoms with E-state index in [4.69, 9.17) is 34.8 Å². The number of alkyl halides is 2. The number of benzene rings is 1. The molecular formula is C9H7Cl3. The molecule has 1 rings (SSSR count). The molecule has 0 radical (unpaired) electrons. The van der Waals surface area contributed by atoms with Gasteiger partial charge in [0.25, 0.3) is 0 Å². The first-order valence-corrected chi connectivity index (χ1v) is 4.65. The summed E-state index contributed by atoms with van der Waals surface area (Å²) in [6.07, 6.45) is 1.74. The van der Waals surface area contributed by atoms with E-state index in [2.05, 4.69) is 0 Å². The summed E-state index contributed by atoms with van der Waals surface area (Å²) in [5.74, 6) is 0. The van der Waals surface area contributed by atoms with E-state index in [0.717, 1.165) is 5.56 Å². The van der Waals surface area contributed by atoms with Crippen LogP contribution in [-0.2, 0) is 0 Å². The highest BCUT2D eigenvalue weighted by molar-refractivity contribution is 6.53. The average molecular weight is 222 g/mol. The molecule has 0 nitrogen and oxygen atoms in total. The van der Waals surface area contributed by atoms with Gasteiger partial charge in [-0.15, -0.1) is 0 Å². The molecule has 0 saturated carbocycles. The van der Waals surface area contributed by atoms with Gasteiger partial charge in [0.1, 0.15) is 4.84 Å². The number of hydrogen-bond donors (Lipinski definition) is 0. The van der Waals surface area contributed by atoms with Crippen molar-refractivity contribution in [1.29, 1.82) is 0 Å². The van der Waals surface area contributed by atoms with Gasteiger partial charge in [-0.2, -0.15) is 0 Å². The zero-order chi connectivity index (χ0) is 8.97. The largest absolute Gasteiger partial charge is 0.143 e. The highest BCUT2D eigenvalue weighted by Gasteiger charge is 2.02. The Morgan fingerprint density at radius 3 is 2.25 bits per heavy atom. The average Bonchev–Trinajstić information content (AvgIpc) is 2.06. The third-order valence-electron chi connectivity index (χ3n) is 1.31. The summed E-state index contributed by atoms with van der Waals surface area (Å²) < 4.78 is 0. The second-order valence-electron chi connectivity index (χ2n) is 2.24. The van der Waals surface area contributed by atoms with E-state index >= 15 is 0 Å². The van der Waals surface area contributed by atoms with Crippen LogP contribution in [0.5, 0.6) is 0 Å². The van der Waals surface area contributed by atoms with Crippen LogP contribution >= 0.6 is 34.8 Å².